The van der Waals surface area contributed by atoms with Gasteiger partial charge in [-0.1, -0.05) is 37.0 Å². The average Bonchev–Trinajstić information content (AvgIpc) is 2.98. The number of amides is 1. The molecule has 0 saturated heterocycles. The van der Waals surface area contributed by atoms with E-state index in [2.05, 4.69) is 5.32 Å². The van der Waals surface area contributed by atoms with Crippen LogP contribution in [0.15, 0.2) is 46.1 Å². The Morgan fingerprint density at radius 2 is 1.71 bits per heavy atom. The fraction of sp³-hybridized carbons (Fsp3) is 0.417. The summed E-state index contributed by atoms with van der Waals surface area (Å²) < 4.78 is 8.91. The number of anilines is 1. The molecular formula is C24H29N3O3S. The number of aryl methyl sites for hydroxylation is 3. The second-order valence-corrected chi connectivity index (χ2v) is 9.61. The van der Waals surface area contributed by atoms with E-state index in [0.29, 0.717) is 11.0 Å². The molecule has 0 bridgehead atoms. The van der Waals surface area contributed by atoms with Crippen molar-refractivity contribution >= 4 is 34.4 Å². The number of carbonyl (C=O) groups is 1. The van der Waals surface area contributed by atoms with E-state index in [1.807, 2.05) is 55.1 Å². The average molecular weight is 440 g/mol. The van der Waals surface area contributed by atoms with Gasteiger partial charge in [0.05, 0.1) is 16.7 Å². The number of imidazole rings is 1. The van der Waals surface area contributed by atoms with Gasteiger partial charge in [-0.3, -0.25) is 13.9 Å². The molecule has 1 aliphatic carbocycles. The summed E-state index contributed by atoms with van der Waals surface area (Å²) in [5.74, 6) is 0.449. The van der Waals surface area contributed by atoms with Crippen molar-refractivity contribution in [2.45, 2.75) is 49.2 Å². The molecule has 1 fully saturated rings. The zero-order valence-corrected chi connectivity index (χ0v) is 19.1. The van der Waals surface area contributed by atoms with E-state index in [1.165, 1.54) is 32.1 Å². The highest BCUT2D eigenvalue weighted by molar-refractivity contribution is 8.00. The number of carbonyl (C=O) groups excluding carboxylic acids is 1. The van der Waals surface area contributed by atoms with Crippen molar-refractivity contribution in [1.29, 1.82) is 0 Å². The Labute approximate surface area is 186 Å². The number of rotatable bonds is 6. The molecule has 2 aromatic carbocycles. The van der Waals surface area contributed by atoms with Crippen LogP contribution in [-0.2, 0) is 18.9 Å². The number of hydrogen-bond acceptors (Lipinski definition) is 4. The van der Waals surface area contributed by atoms with Crippen molar-refractivity contribution in [3.63, 3.8) is 0 Å². The molecule has 3 aromatic rings. The van der Waals surface area contributed by atoms with Crippen molar-refractivity contribution in [3.8, 4) is 5.75 Å². The van der Waals surface area contributed by atoms with Gasteiger partial charge in [0.2, 0.25) is 0 Å². The third kappa shape index (κ3) is 4.82. The fourth-order valence-corrected chi connectivity index (χ4v) is 5.40. The minimum absolute atomic E-state index is 0.0671. The summed E-state index contributed by atoms with van der Waals surface area (Å²) >= 11 is 1.81. The molecule has 1 amide bonds. The lowest BCUT2D eigenvalue weighted by Gasteiger charge is -2.22. The molecule has 0 atom stereocenters. The minimum atomic E-state index is -0.216. The first kappa shape index (κ1) is 21.6. The lowest BCUT2D eigenvalue weighted by atomic mass is 10.0. The number of hydrogen-bond donors (Lipinski definition) is 1. The smallest absolute Gasteiger partial charge is 0.328 e. The quantitative estimate of drug-likeness (QED) is 0.608. The topological polar surface area (TPSA) is 65.3 Å². The van der Waals surface area contributed by atoms with Crippen LogP contribution < -0.4 is 15.7 Å². The Morgan fingerprint density at radius 3 is 2.39 bits per heavy atom. The molecule has 0 aliphatic heterocycles. The Kier molecular flexibility index (Phi) is 6.41. The van der Waals surface area contributed by atoms with Crippen molar-refractivity contribution in [3.05, 3.63) is 52.4 Å². The minimum Gasteiger partial charge on any atom is -0.484 e. The molecule has 1 heterocycles. The van der Waals surface area contributed by atoms with Gasteiger partial charge in [-0.05, 0) is 44.0 Å². The van der Waals surface area contributed by atoms with E-state index in [-0.39, 0.29) is 18.2 Å². The molecule has 7 heteroatoms. The van der Waals surface area contributed by atoms with Crippen LogP contribution in [0.4, 0.5) is 5.69 Å². The molecular weight excluding hydrogens is 410 g/mol. The number of ether oxygens (including phenoxy) is 1. The van der Waals surface area contributed by atoms with Gasteiger partial charge in [-0.25, -0.2) is 4.79 Å². The largest absolute Gasteiger partial charge is 0.484 e. The summed E-state index contributed by atoms with van der Waals surface area (Å²) in [5.41, 5.74) is 3.48. The van der Waals surface area contributed by atoms with Gasteiger partial charge in [-0.15, -0.1) is 11.8 Å². The Bertz CT molecular complexity index is 1140. The number of nitrogens with zero attached hydrogens (tertiary/aromatic N) is 2. The molecule has 1 saturated carbocycles. The molecule has 0 radical (unpaired) electrons. The molecule has 164 valence electrons. The van der Waals surface area contributed by atoms with E-state index >= 15 is 0 Å². The second-order valence-electron chi connectivity index (χ2n) is 8.27. The third-order valence-electron chi connectivity index (χ3n) is 5.88. The standard InChI is InChI=1S/C24H29N3O3S/c1-16-9-11-17(12-10-16)30-15-23(28)25-19-13-20-21(27(3)24(29)26(20)2)14-22(19)31-18-7-5-4-6-8-18/h9-14,18H,4-8,15H2,1-3H3,(H,25,28). The first-order chi connectivity index (χ1) is 14.9. The number of benzene rings is 2. The van der Waals surface area contributed by atoms with Gasteiger partial charge >= 0.3 is 5.69 Å². The van der Waals surface area contributed by atoms with Crippen LogP contribution in [0.25, 0.3) is 11.0 Å². The maximum absolute atomic E-state index is 12.7. The van der Waals surface area contributed by atoms with Crippen molar-refractivity contribution in [1.82, 2.24) is 9.13 Å². The molecule has 0 spiro atoms. The normalized spacial score (nSPS) is 14.7. The van der Waals surface area contributed by atoms with Crippen molar-refractivity contribution in [2.75, 3.05) is 11.9 Å². The maximum Gasteiger partial charge on any atom is 0.328 e. The maximum atomic E-state index is 12.7. The highest BCUT2D eigenvalue weighted by atomic mass is 32.2. The van der Waals surface area contributed by atoms with E-state index in [4.69, 9.17) is 4.74 Å². The van der Waals surface area contributed by atoms with Crippen LogP contribution in [0.2, 0.25) is 0 Å². The SMILES string of the molecule is Cc1ccc(OCC(=O)Nc2cc3c(cc2SC2CCCCC2)n(C)c(=O)n3C)cc1. The lowest BCUT2D eigenvalue weighted by Crippen LogP contribution is -2.21. The summed E-state index contributed by atoms with van der Waals surface area (Å²) in [6, 6.07) is 11.6. The summed E-state index contributed by atoms with van der Waals surface area (Å²) in [7, 11) is 3.54. The van der Waals surface area contributed by atoms with Crippen LogP contribution in [-0.4, -0.2) is 26.9 Å². The predicted octanol–water partition coefficient (Wildman–Crippen LogP) is 4.63. The third-order valence-corrected chi connectivity index (χ3v) is 7.28. The Balaban J connectivity index is 1.58. The lowest BCUT2D eigenvalue weighted by molar-refractivity contribution is -0.118. The van der Waals surface area contributed by atoms with Crippen LogP contribution in [0.3, 0.4) is 0 Å². The Hall–Kier alpha value is -2.67. The van der Waals surface area contributed by atoms with Crippen LogP contribution in [0.5, 0.6) is 5.75 Å². The summed E-state index contributed by atoms with van der Waals surface area (Å²) in [6.45, 7) is 1.94. The molecule has 31 heavy (non-hydrogen) atoms. The van der Waals surface area contributed by atoms with E-state index in [1.54, 1.807) is 23.2 Å². The van der Waals surface area contributed by atoms with Crippen LogP contribution in [0, 0.1) is 6.92 Å². The molecule has 1 aromatic heterocycles. The zero-order chi connectivity index (χ0) is 22.0. The van der Waals surface area contributed by atoms with E-state index < -0.39 is 0 Å². The summed E-state index contributed by atoms with van der Waals surface area (Å²) in [4.78, 5) is 26.1. The van der Waals surface area contributed by atoms with Gasteiger partial charge < -0.3 is 10.1 Å². The molecule has 1 aliphatic rings. The first-order valence-corrected chi connectivity index (χ1v) is 11.7. The Morgan fingerprint density at radius 1 is 1.06 bits per heavy atom. The van der Waals surface area contributed by atoms with Crippen molar-refractivity contribution in [2.24, 2.45) is 14.1 Å². The van der Waals surface area contributed by atoms with Crippen LogP contribution >= 0.6 is 11.8 Å². The summed E-state index contributed by atoms with van der Waals surface area (Å²) in [5, 5.41) is 3.55. The molecule has 6 nitrogen and oxygen atoms in total. The first-order valence-electron chi connectivity index (χ1n) is 10.8. The van der Waals surface area contributed by atoms with Crippen LogP contribution in [0.1, 0.15) is 37.7 Å². The number of fused-ring (bicyclic) bond motifs is 1. The number of thioether (sulfide) groups is 1. The second kappa shape index (κ2) is 9.22. The van der Waals surface area contributed by atoms with E-state index in [9.17, 15) is 9.59 Å². The molecule has 0 unspecified atom stereocenters. The highest BCUT2D eigenvalue weighted by Gasteiger charge is 2.20. The van der Waals surface area contributed by atoms with Gasteiger partial charge in [0.25, 0.3) is 5.91 Å². The predicted molar refractivity (Wildman–Crippen MR) is 126 cm³/mol. The van der Waals surface area contributed by atoms with Crippen molar-refractivity contribution < 1.29 is 9.53 Å². The summed E-state index contributed by atoms with van der Waals surface area (Å²) in [6.07, 6.45) is 6.15. The van der Waals surface area contributed by atoms with Gasteiger partial charge in [0.15, 0.2) is 6.61 Å². The highest BCUT2D eigenvalue weighted by Crippen LogP contribution is 2.39. The van der Waals surface area contributed by atoms with Gasteiger partial charge in [0, 0.05) is 24.2 Å². The number of nitrogens with one attached hydrogen (secondary N) is 1. The van der Waals surface area contributed by atoms with Gasteiger partial charge in [-0.2, -0.15) is 0 Å². The fourth-order valence-electron chi connectivity index (χ4n) is 4.05. The molecule has 1 N–H and O–H groups in total. The van der Waals surface area contributed by atoms with Gasteiger partial charge in [0.1, 0.15) is 5.75 Å². The zero-order valence-electron chi connectivity index (χ0n) is 18.3. The van der Waals surface area contributed by atoms with E-state index in [0.717, 1.165) is 27.2 Å². The monoisotopic (exact) mass is 439 g/mol. The number of aromatic nitrogens is 2. The molecule has 4 rings (SSSR count).